The molecule has 4 aromatic rings. The summed E-state index contributed by atoms with van der Waals surface area (Å²) in [6.45, 7) is 1.71. The van der Waals surface area contributed by atoms with Gasteiger partial charge in [0, 0.05) is 55.4 Å². The zero-order chi connectivity index (χ0) is 20.7. The van der Waals surface area contributed by atoms with Gasteiger partial charge in [0.2, 0.25) is 0 Å². The van der Waals surface area contributed by atoms with Crippen LogP contribution in [-0.2, 0) is 19.5 Å². The molecular weight excluding hydrogens is 384 g/mol. The van der Waals surface area contributed by atoms with Gasteiger partial charge in [0.15, 0.2) is 0 Å². The van der Waals surface area contributed by atoms with Gasteiger partial charge in [-0.05, 0) is 30.2 Å². The molecule has 0 saturated heterocycles. The third kappa shape index (κ3) is 3.15. The van der Waals surface area contributed by atoms with Gasteiger partial charge in [0.1, 0.15) is 5.82 Å². The third-order valence-corrected chi connectivity index (χ3v) is 5.44. The SMILES string of the molecule is O=c1[nH]c(-c2cccnc2)nc2c1CCN(Cc1c[nH]c3cccc([N+](=O)[O-])c13)C2. The summed E-state index contributed by atoms with van der Waals surface area (Å²) < 4.78 is 0. The number of rotatable bonds is 4. The van der Waals surface area contributed by atoms with Crippen molar-refractivity contribution in [1.82, 2.24) is 24.8 Å². The highest BCUT2D eigenvalue weighted by Gasteiger charge is 2.24. The molecule has 150 valence electrons. The van der Waals surface area contributed by atoms with Crippen molar-refractivity contribution in [3.8, 4) is 11.4 Å². The second kappa shape index (κ2) is 7.20. The number of aromatic amines is 2. The summed E-state index contributed by atoms with van der Waals surface area (Å²) >= 11 is 0. The number of pyridine rings is 1. The number of H-pyrrole nitrogens is 2. The molecule has 1 aliphatic heterocycles. The number of benzene rings is 1. The lowest BCUT2D eigenvalue weighted by atomic mass is 10.0. The van der Waals surface area contributed by atoms with Gasteiger partial charge in [-0.25, -0.2) is 4.98 Å². The Balaban J connectivity index is 1.47. The number of aromatic nitrogens is 4. The summed E-state index contributed by atoms with van der Waals surface area (Å²) in [6, 6.07) is 8.67. The average Bonchev–Trinajstić information content (AvgIpc) is 3.17. The topological polar surface area (TPSA) is 121 Å². The summed E-state index contributed by atoms with van der Waals surface area (Å²) in [6.07, 6.45) is 5.73. The molecule has 30 heavy (non-hydrogen) atoms. The Morgan fingerprint density at radius 3 is 2.93 bits per heavy atom. The Bertz CT molecular complexity index is 1310. The van der Waals surface area contributed by atoms with Crippen molar-refractivity contribution in [2.75, 3.05) is 6.54 Å². The van der Waals surface area contributed by atoms with Crippen molar-refractivity contribution >= 4 is 16.6 Å². The minimum Gasteiger partial charge on any atom is -0.361 e. The molecule has 2 N–H and O–H groups in total. The molecule has 5 rings (SSSR count). The lowest BCUT2D eigenvalue weighted by molar-refractivity contribution is -0.383. The fraction of sp³-hybridized carbons (Fsp3) is 0.190. The molecule has 1 aromatic carbocycles. The monoisotopic (exact) mass is 402 g/mol. The van der Waals surface area contributed by atoms with Crippen LogP contribution in [0.5, 0.6) is 0 Å². The Hall–Kier alpha value is -3.85. The van der Waals surface area contributed by atoms with E-state index in [4.69, 9.17) is 0 Å². The molecule has 9 nitrogen and oxygen atoms in total. The molecule has 4 heterocycles. The van der Waals surface area contributed by atoms with Crippen LogP contribution in [0.2, 0.25) is 0 Å². The van der Waals surface area contributed by atoms with E-state index in [0.29, 0.717) is 42.8 Å². The Kier molecular flexibility index (Phi) is 4.36. The van der Waals surface area contributed by atoms with Gasteiger partial charge in [-0.1, -0.05) is 6.07 Å². The summed E-state index contributed by atoms with van der Waals surface area (Å²) in [5.74, 6) is 0.497. The highest BCUT2D eigenvalue weighted by atomic mass is 16.6. The maximum absolute atomic E-state index is 12.6. The van der Waals surface area contributed by atoms with Crippen LogP contribution in [0.1, 0.15) is 16.8 Å². The predicted molar refractivity (Wildman–Crippen MR) is 111 cm³/mol. The molecule has 3 aromatic heterocycles. The summed E-state index contributed by atoms with van der Waals surface area (Å²) in [7, 11) is 0. The first-order valence-electron chi connectivity index (χ1n) is 9.58. The third-order valence-electron chi connectivity index (χ3n) is 5.44. The van der Waals surface area contributed by atoms with Crippen molar-refractivity contribution in [3.63, 3.8) is 0 Å². The number of nitro benzene ring substituents is 1. The second-order valence-electron chi connectivity index (χ2n) is 7.31. The van der Waals surface area contributed by atoms with Crippen molar-refractivity contribution in [2.45, 2.75) is 19.5 Å². The Labute approximate surface area is 170 Å². The van der Waals surface area contributed by atoms with Crippen molar-refractivity contribution in [3.05, 3.63) is 86.2 Å². The molecule has 0 amide bonds. The average molecular weight is 402 g/mol. The van der Waals surface area contributed by atoms with Crippen LogP contribution in [0.3, 0.4) is 0 Å². The number of non-ortho nitro benzene ring substituents is 1. The molecular formula is C21H18N6O3. The first kappa shape index (κ1) is 18.2. The van der Waals surface area contributed by atoms with E-state index < -0.39 is 0 Å². The van der Waals surface area contributed by atoms with E-state index in [1.165, 1.54) is 6.07 Å². The molecule has 0 spiro atoms. The van der Waals surface area contributed by atoms with E-state index in [-0.39, 0.29) is 16.2 Å². The number of nitro groups is 1. The van der Waals surface area contributed by atoms with Crippen LogP contribution < -0.4 is 5.56 Å². The smallest absolute Gasteiger partial charge is 0.279 e. The lowest BCUT2D eigenvalue weighted by Gasteiger charge is -2.27. The summed E-state index contributed by atoms with van der Waals surface area (Å²) in [4.78, 5) is 40.6. The lowest BCUT2D eigenvalue weighted by Crippen LogP contribution is -2.35. The van der Waals surface area contributed by atoms with Gasteiger partial charge in [-0.3, -0.25) is 24.8 Å². The highest BCUT2D eigenvalue weighted by Crippen LogP contribution is 2.30. The van der Waals surface area contributed by atoms with Crippen molar-refractivity contribution < 1.29 is 4.92 Å². The highest BCUT2D eigenvalue weighted by molar-refractivity contribution is 5.91. The normalized spacial score (nSPS) is 14.0. The van der Waals surface area contributed by atoms with Gasteiger partial charge < -0.3 is 9.97 Å². The number of nitrogens with one attached hydrogen (secondary N) is 2. The molecule has 0 fully saturated rings. The van der Waals surface area contributed by atoms with Gasteiger partial charge in [0.25, 0.3) is 11.2 Å². The van der Waals surface area contributed by atoms with E-state index in [2.05, 4.69) is 24.8 Å². The first-order chi connectivity index (χ1) is 14.6. The zero-order valence-electron chi connectivity index (χ0n) is 16.0. The molecule has 9 heteroatoms. The van der Waals surface area contributed by atoms with E-state index in [1.807, 2.05) is 18.3 Å². The van der Waals surface area contributed by atoms with Crippen LogP contribution >= 0.6 is 0 Å². The van der Waals surface area contributed by atoms with E-state index in [1.54, 1.807) is 24.5 Å². The number of fused-ring (bicyclic) bond motifs is 2. The quantitative estimate of drug-likeness (QED) is 0.400. The minimum absolute atomic E-state index is 0.0922. The standard InChI is InChI=1S/C21H18N6O3/c28-21-15-6-8-26(12-17(15)24-20(25-21)13-3-2-7-22-9-13)11-14-10-23-16-4-1-5-18(19(14)16)27(29)30/h1-5,7,9-10,23H,6,8,11-12H2,(H,24,25,28). The van der Waals surface area contributed by atoms with Crippen LogP contribution in [0.4, 0.5) is 5.69 Å². The van der Waals surface area contributed by atoms with E-state index in [0.717, 1.165) is 22.3 Å². The fourth-order valence-electron chi connectivity index (χ4n) is 4.02. The number of hydrogen-bond donors (Lipinski definition) is 2. The molecule has 0 saturated carbocycles. The first-order valence-corrected chi connectivity index (χ1v) is 9.58. The molecule has 1 aliphatic rings. The largest absolute Gasteiger partial charge is 0.361 e. The molecule has 0 bridgehead atoms. The molecule has 0 unspecified atom stereocenters. The molecule has 0 atom stereocenters. The van der Waals surface area contributed by atoms with E-state index >= 15 is 0 Å². The molecule has 0 aliphatic carbocycles. The van der Waals surface area contributed by atoms with Crippen LogP contribution in [-0.4, -0.2) is 36.3 Å². The van der Waals surface area contributed by atoms with Crippen LogP contribution in [0.15, 0.2) is 53.7 Å². The van der Waals surface area contributed by atoms with Crippen LogP contribution in [0.25, 0.3) is 22.3 Å². The van der Waals surface area contributed by atoms with Crippen LogP contribution in [0, 0.1) is 10.1 Å². The minimum atomic E-state index is -0.355. The summed E-state index contributed by atoms with van der Waals surface area (Å²) in [5.41, 5.74) is 3.75. The fourth-order valence-corrected chi connectivity index (χ4v) is 4.02. The maximum atomic E-state index is 12.6. The predicted octanol–water partition coefficient (Wildman–Crippen LogP) is 2.78. The maximum Gasteiger partial charge on any atom is 0.279 e. The number of hydrogen-bond acceptors (Lipinski definition) is 6. The van der Waals surface area contributed by atoms with Crippen molar-refractivity contribution in [1.29, 1.82) is 0 Å². The van der Waals surface area contributed by atoms with E-state index in [9.17, 15) is 14.9 Å². The zero-order valence-corrected chi connectivity index (χ0v) is 16.0. The Morgan fingerprint density at radius 1 is 1.23 bits per heavy atom. The van der Waals surface area contributed by atoms with Gasteiger partial charge >= 0.3 is 0 Å². The van der Waals surface area contributed by atoms with Crippen molar-refractivity contribution in [2.24, 2.45) is 0 Å². The van der Waals surface area contributed by atoms with Gasteiger partial charge in [-0.15, -0.1) is 0 Å². The Morgan fingerprint density at radius 2 is 2.13 bits per heavy atom. The van der Waals surface area contributed by atoms with Gasteiger partial charge in [-0.2, -0.15) is 0 Å². The molecule has 0 radical (unpaired) electrons. The summed E-state index contributed by atoms with van der Waals surface area (Å²) in [5, 5.41) is 12.1. The van der Waals surface area contributed by atoms with Gasteiger partial charge in [0.05, 0.1) is 21.5 Å². The second-order valence-corrected chi connectivity index (χ2v) is 7.31. The number of nitrogens with zero attached hydrogens (tertiary/aromatic N) is 4.